The fraction of sp³-hybridized carbons (Fsp3) is 0.304. The number of benzene rings is 2. The topological polar surface area (TPSA) is 81.0 Å². The van der Waals surface area contributed by atoms with Crippen LogP contribution in [0.5, 0.6) is 11.5 Å². The van der Waals surface area contributed by atoms with Crippen molar-refractivity contribution in [2.75, 3.05) is 25.2 Å². The van der Waals surface area contributed by atoms with Gasteiger partial charge in [-0.25, -0.2) is 0 Å². The maximum atomic E-state index is 13.0. The molecule has 1 aromatic heterocycles. The number of hydrogen-bond acceptors (Lipinski definition) is 5. The van der Waals surface area contributed by atoms with E-state index in [1.54, 1.807) is 29.2 Å². The van der Waals surface area contributed by atoms with Crippen LogP contribution < -0.4 is 14.8 Å². The number of hydrogen-bond donors (Lipinski definition) is 1. The first-order valence-corrected chi connectivity index (χ1v) is 10.6. The molecule has 0 saturated carbocycles. The first-order chi connectivity index (χ1) is 15.0. The number of furan rings is 1. The van der Waals surface area contributed by atoms with E-state index in [2.05, 4.69) is 5.32 Å². The van der Waals surface area contributed by atoms with E-state index in [0.29, 0.717) is 59.5 Å². The third-order valence-electron chi connectivity index (χ3n) is 5.90. The van der Waals surface area contributed by atoms with E-state index >= 15 is 0 Å². The number of ether oxygens (including phenoxy) is 2. The molecule has 2 aliphatic rings. The van der Waals surface area contributed by atoms with Gasteiger partial charge in [0, 0.05) is 41.7 Å². The average Bonchev–Trinajstić information content (AvgIpc) is 3.38. The average molecular weight is 441 g/mol. The molecule has 0 atom stereocenters. The van der Waals surface area contributed by atoms with Gasteiger partial charge in [-0.3, -0.25) is 9.59 Å². The fourth-order valence-corrected chi connectivity index (χ4v) is 4.33. The number of rotatable bonds is 3. The van der Waals surface area contributed by atoms with E-state index in [0.717, 1.165) is 10.9 Å². The minimum absolute atomic E-state index is 0.0577. The van der Waals surface area contributed by atoms with Gasteiger partial charge >= 0.3 is 0 Å². The maximum absolute atomic E-state index is 13.0. The summed E-state index contributed by atoms with van der Waals surface area (Å²) in [6, 6.07) is 10.8. The lowest BCUT2D eigenvalue weighted by Gasteiger charge is -2.31. The second kappa shape index (κ2) is 7.81. The van der Waals surface area contributed by atoms with Crippen molar-refractivity contribution in [3.05, 3.63) is 52.7 Å². The van der Waals surface area contributed by atoms with Crippen LogP contribution in [0.25, 0.3) is 11.0 Å². The molecule has 3 heterocycles. The molecule has 2 amide bonds. The molecule has 3 aromatic rings. The van der Waals surface area contributed by atoms with E-state index in [9.17, 15) is 9.59 Å². The highest BCUT2D eigenvalue weighted by Crippen LogP contribution is 2.35. The van der Waals surface area contributed by atoms with E-state index in [1.807, 2.05) is 19.1 Å². The number of anilines is 1. The Morgan fingerprint density at radius 1 is 1.10 bits per heavy atom. The van der Waals surface area contributed by atoms with Gasteiger partial charge in [0.2, 0.25) is 12.7 Å². The maximum Gasteiger partial charge on any atom is 0.289 e. The van der Waals surface area contributed by atoms with E-state index in [1.165, 1.54) is 0 Å². The molecule has 1 fully saturated rings. The SMILES string of the molecule is Cc1c(C(=O)N2CCC(C(=O)Nc3ccc4c(c3)OCO4)CC2)oc2c(Cl)cccc12. The van der Waals surface area contributed by atoms with Crippen molar-refractivity contribution in [2.24, 2.45) is 5.92 Å². The number of piperidine rings is 1. The molecule has 1 N–H and O–H groups in total. The summed E-state index contributed by atoms with van der Waals surface area (Å²) in [6.45, 7) is 3.03. The minimum atomic E-state index is -0.167. The Morgan fingerprint density at radius 3 is 2.65 bits per heavy atom. The molecule has 2 aliphatic heterocycles. The van der Waals surface area contributed by atoms with Crippen LogP contribution in [0, 0.1) is 12.8 Å². The summed E-state index contributed by atoms with van der Waals surface area (Å²) in [5, 5.41) is 4.27. The van der Waals surface area contributed by atoms with E-state index in [4.69, 9.17) is 25.5 Å². The number of amides is 2. The van der Waals surface area contributed by atoms with Crippen molar-refractivity contribution in [3.63, 3.8) is 0 Å². The molecule has 0 bridgehead atoms. The Kier molecular flexibility index (Phi) is 4.98. The largest absolute Gasteiger partial charge is 0.454 e. The van der Waals surface area contributed by atoms with Crippen LogP contribution in [0.15, 0.2) is 40.8 Å². The van der Waals surface area contributed by atoms with Gasteiger partial charge in [0.25, 0.3) is 5.91 Å². The molecule has 1 saturated heterocycles. The van der Waals surface area contributed by atoms with Crippen LogP contribution in [-0.2, 0) is 4.79 Å². The van der Waals surface area contributed by atoms with Crippen LogP contribution in [0.2, 0.25) is 5.02 Å². The summed E-state index contributed by atoms with van der Waals surface area (Å²) >= 11 is 6.21. The Balaban J connectivity index is 1.23. The molecule has 8 heteroatoms. The molecule has 7 nitrogen and oxygen atoms in total. The van der Waals surface area contributed by atoms with Gasteiger partial charge in [0.1, 0.15) is 0 Å². The van der Waals surface area contributed by atoms with Crippen molar-refractivity contribution >= 4 is 40.1 Å². The van der Waals surface area contributed by atoms with E-state index in [-0.39, 0.29) is 24.5 Å². The number of fused-ring (bicyclic) bond motifs is 2. The van der Waals surface area contributed by atoms with E-state index < -0.39 is 0 Å². The van der Waals surface area contributed by atoms with Crippen molar-refractivity contribution in [2.45, 2.75) is 19.8 Å². The molecule has 0 aliphatic carbocycles. The first-order valence-electron chi connectivity index (χ1n) is 10.2. The second-order valence-electron chi connectivity index (χ2n) is 7.80. The molecule has 5 rings (SSSR count). The molecular weight excluding hydrogens is 420 g/mol. The van der Waals surface area contributed by atoms with Crippen LogP contribution >= 0.6 is 11.6 Å². The lowest BCUT2D eigenvalue weighted by molar-refractivity contribution is -0.121. The van der Waals surface area contributed by atoms with Crippen molar-refractivity contribution in [3.8, 4) is 11.5 Å². The molecule has 0 radical (unpaired) electrons. The highest BCUT2D eigenvalue weighted by molar-refractivity contribution is 6.35. The number of halogens is 1. The number of nitrogens with zero attached hydrogens (tertiary/aromatic N) is 1. The summed E-state index contributed by atoms with van der Waals surface area (Å²) in [5.41, 5.74) is 1.98. The minimum Gasteiger partial charge on any atom is -0.454 e. The zero-order valence-electron chi connectivity index (χ0n) is 16.9. The molecule has 31 heavy (non-hydrogen) atoms. The Hall–Kier alpha value is -3.19. The summed E-state index contributed by atoms with van der Waals surface area (Å²) < 4.78 is 16.5. The van der Waals surface area contributed by atoms with Gasteiger partial charge < -0.3 is 24.1 Å². The van der Waals surface area contributed by atoms with Gasteiger partial charge in [-0.15, -0.1) is 0 Å². The lowest BCUT2D eigenvalue weighted by Crippen LogP contribution is -2.41. The van der Waals surface area contributed by atoms with Gasteiger partial charge in [-0.1, -0.05) is 23.7 Å². The number of aryl methyl sites for hydroxylation is 1. The van der Waals surface area contributed by atoms with Gasteiger partial charge in [0.05, 0.1) is 5.02 Å². The van der Waals surface area contributed by atoms with Crippen LogP contribution in [0.3, 0.4) is 0 Å². The molecule has 0 spiro atoms. The van der Waals surface area contributed by atoms with Crippen molar-refractivity contribution in [1.82, 2.24) is 4.90 Å². The first kappa shape index (κ1) is 19.8. The van der Waals surface area contributed by atoms with Gasteiger partial charge in [-0.05, 0) is 38.0 Å². The highest BCUT2D eigenvalue weighted by Gasteiger charge is 2.30. The van der Waals surface area contributed by atoms with Gasteiger partial charge in [-0.2, -0.15) is 0 Å². The van der Waals surface area contributed by atoms with Crippen LogP contribution in [0.1, 0.15) is 29.0 Å². The lowest BCUT2D eigenvalue weighted by atomic mass is 9.95. The van der Waals surface area contributed by atoms with Crippen molar-refractivity contribution < 1.29 is 23.5 Å². The second-order valence-corrected chi connectivity index (χ2v) is 8.20. The predicted molar refractivity (Wildman–Crippen MR) is 116 cm³/mol. The number of likely N-dealkylation sites (tertiary alicyclic amines) is 1. The third-order valence-corrected chi connectivity index (χ3v) is 6.20. The van der Waals surface area contributed by atoms with Crippen LogP contribution in [0.4, 0.5) is 5.69 Å². The summed E-state index contributed by atoms with van der Waals surface area (Å²) in [4.78, 5) is 27.5. The fourth-order valence-electron chi connectivity index (χ4n) is 4.12. The third kappa shape index (κ3) is 3.59. The summed E-state index contributed by atoms with van der Waals surface area (Å²) in [7, 11) is 0. The molecule has 160 valence electrons. The zero-order chi connectivity index (χ0) is 21.5. The Morgan fingerprint density at radius 2 is 1.87 bits per heavy atom. The number of carbonyl (C=O) groups is 2. The Labute approximate surface area is 183 Å². The number of para-hydroxylation sites is 1. The molecular formula is C23H21ClN2O5. The Bertz CT molecular complexity index is 1180. The zero-order valence-corrected chi connectivity index (χ0v) is 17.7. The van der Waals surface area contributed by atoms with Crippen LogP contribution in [-0.4, -0.2) is 36.6 Å². The quantitative estimate of drug-likeness (QED) is 0.643. The predicted octanol–water partition coefficient (Wildman–Crippen LogP) is 4.61. The smallest absolute Gasteiger partial charge is 0.289 e. The molecule has 0 unspecified atom stereocenters. The normalized spacial score (nSPS) is 16.0. The molecule has 2 aromatic carbocycles. The van der Waals surface area contributed by atoms with Gasteiger partial charge in [0.15, 0.2) is 22.8 Å². The standard InChI is InChI=1S/C23H21ClN2O5/c1-13-16-3-2-4-17(24)21(16)31-20(13)23(28)26-9-7-14(8-10-26)22(27)25-15-5-6-18-19(11-15)30-12-29-18/h2-6,11,14H,7-10,12H2,1H3,(H,25,27). The van der Waals surface area contributed by atoms with Crippen molar-refractivity contribution in [1.29, 1.82) is 0 Å². The summed E-state index contributed by atoms with van der Waals surface area (Å²) in [6.07, 6.45) is 1.17. The number of nitrogens with one attached hydrogen (secondary N) is 1. The highest BCUT2D eigenvalue weighted by atomic mass is 35.5. The number of carbonyl (C=O) groups excluding carboxylic acids is 2. The monoisotopic (exact) mass is 440 g/mol. The summed E-state index contributed by atoms with van der Waals surface area (Å²) in [5.74, 6) is 1.22.